The van der Waals surface area contributed by atoms with Crippen molar-refractivity contribution in [2.75, 3.05) is 26.2 Å². The monoisotopic (exact) mass is 370 g/mol. The van der Waals surface area contributed by atoms with E-state index in [4.69, 9.17) is 0 Å². The van der Waals surface area contributed by atoms with Crippen molar-refractivity contribution in [2.45, 2.75) is 32.2 Å². The van der Waals surface area contributed by atoms with Crippen LogP contribution in [0.5, 0.6) is 5.75 Å². The van der Waals surface area contributed by atoms with Crippen molar-refractivity contribution in [3.63, 3.8) is 0 Å². The van der Waals surface area contributed by atoms with Crippen LogP contribution in [0.2, 0.25) is 0 Å². The topological polar surface area (TPSA) is 35.5 Å². The van der Waals surface area contributed by atoms with Gasteiger partial charge in [-0.25, -0.2) is 0 Å². The predicted octanol–water partition coefficient (Wildman–Crippen LogP) is 4.53. The Bertz CT molecular complexity index is 630. The molecule has 1 atom stereocenters. The molecule has 0 aromatic heterocycles. The Kier molecular flexibility index (Phi) is 8.85. The molecule has 2 aromatic carbocycles. The summed E-state index contributed by atoms with van der Waals surface area (Å²) in [4.78, 5) is 2.62. The molecule has 0 aliphatic carbocycles. The van der Waals surface area contributed by atoms with Crippen LogP contribution in [0.25, 0.3) is 10.8 Å². The first-order valence-electron chi connectivity index (χ1n) is 8.45. The van der Waals surface area contributed by atoms with Crippen molar-refractivity contribution in [2.24, 2.45) is 0 Å². The van der Waals surface area contributed by atoms with Crippen LogP contribution >= 0.6 is 24.8 Å². The third kappa shape index (κ3) is 5.00. The Hall–Kier alpha value is -1.000. The van der Waals surface area contributed by atoms with E-state index in [2.05, 4.69) is 35.3 Å². The SMILES string of the molecule is CCCC[C@@H](c1ccc2cc(O)ccc2c1)N1CCNCC1.Cl.Cl. The maximum absolute atomic E-state index is 9.61. The molecule has 0 saturated carbocycles. The van der Waals surface area contributed by atoms with Crippen molar-refractivity contribution in [3.8, 4) is 5.75 Å². The molecule has 1 aliphatic heterocycles. The Morgan fingerprint density at radius 1 is 1.04 bits per heavy atom. The Morgan fingerprint density at radius 3 is 2.42 bits per heavy atom. The molecule has 1 aliphatic rings. The highest BCUT2D eigenvalue weighted by Gasteiger charge is 2.21. The third-order valence-corrected chi connectivity index (χ3v) is 4.66. The normalized spacial score (nSPS) is 16.2. The first-order valence-corrected chi connectivity index (χ1v) is 8.45. The minimum Gasteiger partial charge on any atom is -0.508 e. The minimum absolute atomic E-state index is 0. The molecule has 1 fully saturated rings. The van der Waals surface area contributed by atoms with Gasteiger partial charge in [0.1, 0.15) is 5.75 Å². The molecule has 0 amide bonds. The number of benzene rings is 2. The number of fused-ring (bicyclic) bond motifs is 1. The maximum atomic E-state index is 9.61. The number of nitrogens with zero attached hydrogens (tertiary/aromatic N) is 1. The highest BCUT2D eigenvalue weighted by atomic mass is 35.5. The molecule has 3 rings (SSSR count). The molecule has 2 N–H and O–H groups in total. The number of hydrogen-bond donors (Lipinski definition) is 2. The van der Waals surface area contributed by atoms with Gasteiger partial charge >= 0.3 is 0 Å². The fourth-order valence-electron chi connectivity index (χ4n) is 3.41. The average molecular weight is 371 g/mol. The Morgan fingerprint density at radius 2 is 1.71 bits per heavy atom. The standard InChI is InChI=1S/C19H26N2O.2ClH/c1-2-3-4-19(21-11-9-20-10-12-21)17-6-5-16-14-18(22)8-7-15(16)13-17;;/h5-8,13-14,19-20,22H,2-4,9-12H2,1H3;2*1H/t19-;;/m0../s1. The largest absolute Gasteiger partial charge is 0.508 e. The van der Waals surface area contributed by atoms with Crippen molar-refractivity contribution < 1.29 is 5.11 Å². The van der Waals surface area contributed by atoms with E-state index in [1.807, 2.05) is 12.1 Å². The number of phenols is 1. The molecule has 0 spiro atoms. The van der Waals surface area contributed by atoms with Gasteiger partial charge in [0.2, 0.25) is 0 Å². The summed E-state index contributed by atoms with van der Waals surface area (Å²) < 4.78 is 0. The van der Waals surface area contributed by atoms with E-state index in [0.29, 0.717) is 11.8 Å². The van der Waals surface area contributed by atoms with Gasteiger partial charge in [-0.1, -0.05) is 38.0 Å². The van der Waals surface area contributed by atoms with Crippen LogP contribution in [-0.2, 0) is 0 Å². The van der Waals surface area contributed by atoms with Gasteiger partial charge in [0.05, 0.1) is 0 Å². The Balaban J connectivity index is 0.00000144. The van der Waals surface area contributed by atoms with Crippen LogP contribution in [0.3, 0.4) is 0 Å². The Labute approximate surface area is 157 Å². The van der Waals surface area contributed by atoms with Crippen molar-refractivity contribution in [3.05, 3.63) is 42.0 Å². The summed E-state index contributed by atoms with van der Waals surface area (Å²) in [7, 11) is 0. The van der Waals surface area contributed by atoms with Crippen LogP contribution in [0.15, 0.2) is 36.4 Å². The second-order valence-electron chi connectivity index (χ2n) is 6.23. The number of piperazine rings is 1. The fourth-order valence-corrected chi connectivity index (χ4v) is 3.41. The maximum Gasteiger partial charge on any atom is 0.116 e. The number of halogens is 2. The molecule has 2 aromatic rings. The average Bonchev–Trinajstić information content (AvgIpc) is 2.56. The van der Waals surface area contributed by atoms with Crippen molar-refractivity contribution in [1.82, 2.24) is 10.2 Å². The lowest BCUT2D eigenvalue weighted by molar-refractivity contribution is 0.163. The lowest BCUT2D eigenvalue weighted by Gasteiger charge is -2.35. The van der Waals surface area contributed by atoms with Crippen LogP contribution in [0.1, 0.15) is 37.8 Å². The predicted molar refractivity (Wildman–Crippen MR) is 107 cm³/mol. The number of hydrogen-bond acceptors (Lipinski definition) is 3. The van der Waals surface area contributed by atoms with E-state index in [1.165, 1.54) is 30.2 Å². The first kappa shape index (κ1) is 21.0. The number of unbranched alkanes of at least 4 members (excludes halogenated alkanes) is 1. The van der Waals surface area contributed by atoms with E-state index >= 15 is 0 Å². The van der Waals surface area contributed by atoms with Gasteiger partial charge in [-0.2, -0.15) is 0 Å². The van der Waals surface area contributed by atoms with Gasteiger partial charge in [0.25, 0.3) is 0 Å². The van der Waals surface area contributed by atoms with Crippen molar-refractivity contribution in [1.29, 1.82) is 0 Å². The molecule has 0 unspecified atom stereocenters. The van der Waals surface area contributed by atoms with Crippen LogP contribution in [0.4, 0.5) is 0 Å². The summed E-state index contributed by atoms with van der Waals surface area (Å²) in [5.41, 5.74) is 1.41. The van der Waals surface area contributed by atoms with E-state index in [1.54, 1.807) is 6.07 Å². The van der Waals surface area contributed by atoms with Gasteiger partial charge in [-0.15, -0.1) is 24.8 Å². The molecule has 1 heterocycles. The van der Waals surface area contributed by atoms with Gasteiger partial charge < -0.3 is 10.4 Å². The number of aromatic hydroxyl groups is 1. The minimum atomic E-state index is 0. The molecular formula is C19H28Cl2N2O. The van der Waals surface area contributed by atoms with Gasteiger partial charge in [-0.3, -0.25) is 4.90 Å². The van der Waals surface area contributed by atoms with E-state index < -0.39 is 0 Å². The second kappa shape index (κ2) is 10.1. The molecular weight excluding hydrogens is 343 g/mol. The molecule has 0 radical (unpaired) electrons. The van der Waals surface area contributed by atoms with Crippen molar-refractivity contribution >= 4 is 35.6 Å². The summed E-state index contributed by atoms with van der Waals surface area (Å²) >= 11 is 0. The molecule has 3 nitrogen and oxygen atoms in total. The van der Waals surface area contributed by atoms with Gasteiger partial charge in [0.15, 0.2) is 0 Å². The zero-order valence-corrected chi connectivity index (χ0v) is 15.8. The van der Waals surface area contributed by atoms with Gasteiger partial charge in [0, 0.05) is 32.2 Å². The fraction of sp³-hybridized carbons (Fsp3) is 0.474. The number of rotatable bonds is 5. The van der Waals surface area contributed by atoms with Crippen LogP contribution < -0.4 is 5.32 Å². The summed E-state index contributed by atoms with van der Waals surface area (Å²) in [5, 5.41) is 15.4. The second-order valence-corrected chi connectivity index (χ2v) is 6.23. The molecule has 0 bridgehead atoms. The first-order chi connectivity index (χ1) is 10.8. The lowest BCUT2D eigenvalue weighted by atomic mass is 9.96. The molecule has 24 heavy (non-hydrogen) atoms. The summed E-state index contributed by atoms with van der Waals surface area (Å²) in [5.74, 6) is 0.338. The smallest absolute Gasteiger partial charge is 0.116 e. The molecule has 134 valence electrons. The lowest BCUT2D eigenvalue weighted by Crippen LogP contribution is -2.45. The highest BCUT2D eigenvalue weighted by molar-refractivity contribution is 5.86. The summed E-state index contributed by atoms with van der Waals surface area (Å²) in [6, 6.07) is 12.8. The number of nitrogens with one attached hydrogen (secondary N) is 1. The zero-order chi connectivity index (χ0) is 15.4. The summed E-state index contributed by atoms with van der Waals surface area (Å²) in [6.07, 6.45) is 3.73. The van der Waals surface area contributed by atoms with E-state index in [0.717, 1.165) is 31.6 Å². The zero-order valence-electron chi connectivity index (χ0n) is 14.2. The van der Waals surface area contributed by atoms with E-state index in [-0.39, 0.29) is 24.8 Å². The highest BCUT2D eigenvalue weighted by Crippen LogP contribution is 2.30. The van der Waals surface area contributed by atoms with Crippen LogP contribution in [0, 0.1) is 0 Å². The quantitative estimate of drug-likeness (QED) is 0.811. The molecule has 1 saturated heterocycles. The van der Waals surface area contributed by atoms with E-state index in [9.17, 15) is 5.11 Å². The van der Waals surface area contributed by atoms with Crippen LogP contribution in [-0.4, -0.2) is 36.2 Å². The third-order valence-electron chi connectivity index (χ3n) is 4.66. The van der Waals surface area contributed by atoms with Gasteiger partial charge in [-0.05, 0) is 41.0 Å². The molecule has 5 heteroatoms. The number of phenolic OH excluding ortho intramolecular Hbond substituents is 1. The summed E-state index contributed by atoms with van der Waals surface area (Å²) in [6.45, 7) is 6.69.